The maximum atomic E-state index is 9.67. The molecule has 0 bridgehead atoms. The van der Waals surface area contributed by atoms with Crippen molar-refractivity contribution in [2.45, 2.75) is 45.5 Å². The van der Waals surface area contributed by atoms with E-state index in [1.165, 1.54) is 25.7 Å². The third kappa shape index (κ3) is 6.58. The van der Waals surface area contributed by atoms with E-state index >= 15 is 0 Å². The van der Waals surface area contributed by atoms with Crippen LogP contribution in [0.25, 0.3) is 0 Å². The van der Waals surface area contributed by atoms with Crippen molar-refractivity contribution in [1.82, 2.24) is 9.80 Å². The Balaban J connectivity index is 0.000000487. The minimum absolute atomic E-state index is 0.608. The fourth-order valence-electron chi connectivity index (χ4n) is 1.68. The van der Waals surface area contributed by atoms with E-state index in [0.29, 0.717) is 6.17 Å². The molecular weight excluding hydrogens is 217 g/mol. The lowest BCUT2D eigenvalue weighted by Crippen LogP contribution is -2.33. The van der Waals surface area contributed by atoms with Gasteiger partial charge in [-0.25, -0.2) is 0 Å². The first-order valence-electron chi connectivity index (χ1n) is 5.53. The quantitative estimate of drug-likeness (QED) is 0.692. The first-order chi connectivity index (χ1) is 7.49. The fourth-order valence-corrected chi connectivity index (χ4v) is 1.68. The van der Waals surface area contributed by atoms with E-state index in [2.05, 4.69) is 43.2 Å². The summed E-state index contributed by atoms with van der Waals surface area (Å²) < 4.78 is 29.0. The van der Waals surface area contributed by atoms with Crippen LogP contribution in [0, 0.1) is 0 Å². The van der Waals surface area contributed by atoms with Crippen LogP contribution < -0.4 is 0 Å². The predicted octanol–water partition coefficient (Wildman–Crippen LogP) is 3.42. The first-order valence-corrected chi connectivity index (χ1v) is 5.53. The lowest BCUT2D eigenvalue weighted by Gasteiger charge is -2.27. The molecule has 0 N–H and O–H groups in total. The summed E-state index contributed by atoms with van der Waals surface area (Å²) in [6.45, 7) is -1.42. The van der Waals surface area contributed by atoms with Crippen molar-refractivity contribution in [2.75, 3.05) is 14.1 Å². The van der Waals surface area contributed by atoms with Gasteiger partial charge in [0.1, 0.15) is 6.17 Å². The molecule has 1 aliphatic rings. The number of halogens is 3. The zero-order valence-corrected chi connectivity index (χ0v) is 10.2. The van der Waals surface area contributed by atoms with Crippen LogP contribution in [0.1, 0.15) is 32.6 Å². The largest absolute Gasteiger partial charge is 0.379 e. The number of rotatable bonds is 4. The second kappa shape index (κ2) is 8.30. The van der Waals surface area contributed by atoms with Crippen molar-refractivity contribution in [3.63, 3.8) is 0 Å². The molecule has 0 amide bonds. The Hall–Kier alpha value is -0.870. The summed E-state index contributed by atoms with van der Waals surface area (Å²) in [5.74, 6) is 0. The van der Waals surface area contributed by atoms with Gasteiger partial charge in [0.2, 0.25) is 0 Å². The van der Waals surface area contributed by atoms with Gasteiger partial charge in [0.05, 0.1) is 0 Å². The maximum Gasteiger partial charge on any atom is 0.379 e. The van der Waals surface area contributed by atoms with Crippen molar-refractivity contribution in [2.24, 2.45) is 0 Å². The van der Waals surface area contributed by atoms with Crippen molar-refractivity contribution < 1.29 is 13.2 Å². The van der Waals surface area contributed by atoms with E-state index in [1.807, 2.05) is 0 Å². The molecule has 0 saturated carbocycles. The van der Waals surface area contributed by atoms with Crippen LogP contribution in [0.4, 0.5) is 13.2 Å². The van der Waals surface area contributed by atoms with Gasteiger partial charge >= 0.3 is 6.68 Å². The SMILES string of the molecule is CCCCCC1N(C)C=CN1C.FC(F)F. The summed E-state index contributed by atoms with van der Waals surface area (Å²) in [6.07, 6.45) is 10.2. The first kappa shape index (κ1) is 15.1. The van der Waals surface area contributed by atoms with Gasteiger partial charge < -0.3 is 9.80 Å². The second-order valence-corrected chi connectivity index (χ2v) is 3.85. The molecule has 0 spiro atoms. The normalized spacial score (nSPS) is 15.7. The molecule has 0 aromatic carbocycles. The highest BCUT2D eigenvalue weighted by atomic mass is 19.4. The molecule has 0 unspecified atom stereocenters. The van der Waals surface area contributed by atoms with E-state index < -0.39 is 6.68 Å². The Morgan fingerprint density at radius 1 is 1.06 bits per heavy atom. The Morgan fingerprint density at radius 2 is 1.50 bits per heavy atom. The fraction of sp³-hybridized carbons (Fsp3) is 0.818. The molecule has 96 valence electrons. The minimum atomic E-state index is -3.67. The van der Waals surface area contributed by atoms with Crippen molar-refractivity contribution >= 4 is 0 Å². The minimum Gasteiger partial charge on any atom is -0.359 e. The number of unbranched alkanes of at least 4 members (excludes halogenated alkanes) is 2. The molecule has 0 aromatic rings. The Bertz CT molecular complexity index is 183. The number of hydrogen-bond donors (Lipinski definition) is 0. The molecule has 1 heterocycles. The smallest absolute Gasteiger partial charge is 0.359 e. The van der Waals surface area contributed by atoms with Crippen LogP contribution >= 0.6 is 0 Å². The molecule has 5 heteroatoms. The van der Waals surface area contributed by atoms with Gasteiger partial charge in [-0.15, -0.1) is 0 Å². The third-order valence-corrected chi connectivity index (χ3v) is 2.54. The summed E-state index contributed by atoms with van der Waals surface area (Å²) in [5.41, 5.74) is 0. The molecule has 16 heavy (non-hydrogen) atoms. The molecule has 0 aromatic heterocycles. The Morgan fingerprint density at radius 3 is 1.88 bits per heavy atom. The molecule has 0 atom stereocenters. The average molecular weight is 238 g/mol. The molecule has 0 radical (unpaired) electrons. The third-order valence-electron chi connectivity index (χ3n) is 2.54. The highest BCUT2D eigenvalue weighted by Crippen LogP contribution is 2.17. The molecule has 2 nitrogen and oxygen atoms in total. The molecule has 0 saturated heterocycles. The molecule has 1 rings (SSSR count). The number of alkyl halides is 3. The van der Waals surface area contributed by atoms with Crippen molar-refractivity contribution in [1.29, 1.82) is 0 Å². The summed E-state index contributed by atoms with van der Waals surface area (Å²) in [6, 6.07) is 0. The van der Waals surface area contributed by atoms with Crippen LogP contribution in [0.5, 0.6) is 0 Å². The van der Waals surface area contributed by atoms with Crippen LogP contribution in [0.2, 0.25) is 0 Å². The lowest BCUT2D eigenvalue weighted by atomic mass is 10.1. The topological polar surface area (TPSA) is 6.48 Å². The standard InChI is InChI=1S/C10H20N2.CHF3/c1-4-5-6-7-10-11(2)8-9-12(10)3;2-1(3)4/h8-10H,4-7H2,1-3H3;1H. The van der Waals surface area contributed by atoms with Gasteiger partial charge in [0.15, 0.2) is 0 Å². The van der Waals surface area contributed by atoms with E-state index in [4.69, 9.17) is 0 Å². The predicted molar refractivity (Wildman–Crippen MR) is 59.7 cm³/mol. The number of hydrogen-bond acceptors (Lipinski definition) is 2. The van der Waals surface area contributed by atoms with E-state index in [-0.39, 0.29) is 0 Å². The van der Waals surface area contributed by atoms with Gasteiger partial charge in [0.25, 0.3) is 0 Å². The Kier molecular flexibility index (Phi) is 7.85. The monoisotopic (exact) mass is 238 g/mol. The highest BCUT2D eigenvalue weighted by Gasteiger charge is 2.18. The summed E-state index contributed by atoms with van der Waals surface area (Å²) in [4.78, 5) is 4.57. The van der Waals surface area contributed by atoms with Crippen LogP contribution in [0.15, 0.2) is 12.4 Å². The maximum absolute atomic E-state index is 9.67. The summed E-state index contributed by atoms with van der Waals surface area (Å²) in [5, 5.41) is 0. The highest BCUT2D eigenvalue weighted by molar-refractivity contribution is 4.93. The van der Waals surface area contributed by atoms with E-state index in [0.717, 1.165) is 0 Å². The van der Waals surface area contributed by atoms with Crippen molar-refractivity contribution in [3.8, 4) is 0 Å². The zero-order chi connectivity index (χ0) is 12.6. The molecule has 1 aliphatic heterocycles. The van der Waals surface area contributed by atoms with Gasteiger partial charge in [-0.05, 0) is 12.8 Å². The van der Waals surface area contributed by atoms with Crippen LogP contribution in [0.3, 0.4) is 0 Å². The Labute approximate surface area is 95.7 Å². The second-order valence-electron chi connectivity index (χ2n) is 3.85. The van der Waals surface area contributed by atoms with Crippen molar-refractivity contribution in [3.05, 3.63) is 12.4 Å². The zero-order valence-electron chi connectivity index (χ0n) is 10.2. The molecule has 0 fully saturated rings. The lowest BCUT2D eigenvalue weighted by molar-refractivity contribution is 0.00819. The van der Waals surface area contributed by atoms with Crippen LogP contribution in [-0.4, -0.2) is 36.7 Å². The average Bonchev–Trinajstić information content (AvgIpc) is 2.48. The summed E-state index contributed by atoms with van der Waals surface area (Å²) >= 11 is 0. The van der Waals surface area contributed by atoms with Gasteiger partial charge in [-0.3, -0.25) is 0 Å². The van der Waals surface area contributed by atoms with E-state index in [1.54, 1.807) is 0 Å². The molecular formula is C11H21F3N2. The molecule has 0 aliphatic carbocycles. The van der Waals surface area contributed by atoms with Gasteiger partial charge in [-0.2, -0.15) is 13.2 Å². The van der Waals surface area contributed by atoms with Gasteiger partial charge in [0, 0.05) is 26.5 Å². The summed E-state index contributed by atoms with van der Waals surface area (Å²) in [7, 11) is 4.30. The van der Waals surface area contributed by atoms with E-state index in [9.17, 15) is 13.2 Å². The van der Waals surface area contributed by atoms with Gasteiger partial charge in [-0.1, -0.05) is 19.8 Å². The number of nitrogens with zero attached hydrogens (tertiary/aromatic N) is 2. The van der Waals surface area contributed by atoms with Crippen LogP contribution in [-0.2, 0) is 0 Å².